The summed E-state index contributed by atoms with van der Waals surface area (Å²) in [6.07, 6.45) is 0.146. The largest absolute Gasteiger partial charge is 0.478 e. The average Bonchev–Trinajstić information content (AvgIpc) is 2.62. The fourth-order valence-electron chi connectivity index (χ4n) is 2.63. The summed E-state index contributed by atoms with van der Waals surface area (Å²) in [5.41, 5.74) is 1.91. The topological polar surface area (TPSA) is 86.7 Å². The van der Waals surface area contributed by atoms with Gasteiger partial charge in [0.2, 0.25) is 11.8 Å². The zero-order valence-electron chi connectivity index (χ0n) is 14.8. The summed E-state index contributed by atoms with van der Waals surface area (Å²) in [7, 11) is 1.68. The molecule has 6 nitrogen and oxygen atoms in total. The number of carbonyl (C=O) groups is 3. The van der Waals surface area contributed by atoms with E-state index < -0.39 is 12.0 Å². The molecule has 26 heavy (non-hydrogen) atoms. The van der Waals surface area contributed by atoms with Gasteiger partial charge in [-0.25, -0.2) is 4.79 Å². The van der Waals surface area contributed by atoms with Crippen molar-refractivity contribution in [2.45, 2.75) is 25.9 Å². The van der Waals surface area contributed by atoms with Crippen LogP contribution in [0.15, 0.2) is 54.6 Å². The highest BCUT2D eigenvalue weighted by atomic mass is 16.4. The van der Waals surface area contributed by atoms with Gasteiger partial charge in [0.05, 0.1) is 18.0 Å². The summed E-state index contributed by atoms with van der Waals surface area (Å²) >= 11 is 0. The molecule has 0 spiro atoms. The minimum Gasteiger partial charge on any atom is -0.478 e. The van der Waals surface area contributed by atoms with Gasteiger partial charge >= 0.3 is 5.97 Å². The van der Waals surface area contributed by atoms with Crippen molar-refractivity contribution >= 4 is 17.8 Å². The van der Waals surface area contributed by atoms with Gasteiger partial charge < -0.3 is 15.3 Å². The van der Waals surface area contributed by atoms with Crippen LogP contribution in [0.1, 0.15) is 40.9 Å². The third-order valence-electron chi connectivity index (χ3n) is 4.00. The second-order valence-electron chi connectivity index (χ2n) is 6.12. The van der Waals surface area contributed by atoms with E-state index in [4.69, 9.17) is 5.11 Å². The maximum atomic E-state index is 12.6. The van der Waals surface area contributed by atoms with E-state index in [0.717, 1.165) is 11.1 Å². The summed E-state index contributed by atoms with van der Waals surface area (Å²) in [6.45, 7) is 1.79. The third kappa shape index (κ3) is 5.44. The van der Waals surface area contributed by atoms with Crippen molar-refractivity contribution in [3.05, 3.63) is 71.3 Å². The fraction of sp³-hybridized carbons (Fsp3) is 0.250. The van der Waals surface area contributed by atoms with Crippen molar-refractivity contribution < 1.29 is 19.5 Å². The van der Waals surface area contributed by atoms with Crippen LogP contribution in [0.25, 0.3) is 0 Å². The van der Waals surface area contributed by atoms with E-state index in [-0.39, 0.29) is 23.8 Å². The smallest absolute Gasteiger partial charge is 0.335 e. The fourth-order valence-corrected chi connectivity index (χ4v) is 2.63. The summed E-state index contributed by atoms with van der Waals surface area (Å²) in [5, 5.41) is 11.7. The summed E-state index contributed by atoms with van der Waals surface area (Å²) < 4.78 is 0. The highest BCUT2D eigenvalue weighted by molar-refractivity contribution is 5.87. The standard InChI is InChI=1S/C20H22N2O4/c1-14(23)21-18(16-6-4-3-5-7-16)12-19(24)22(2)13-15-8-10-17(11-9-15)20(25)26/h3-11,18H,12-13H2,1-2H3,(H,21,23)(H,25,26). The molecule has 0 radical (unpaired) electrons. The van der Waals surface area contributed by atoms with E-state index in [2.05, 4.69) is 5.32 Å². The Labute approximate surface area is 152 Å². The van der Waals surface area contributed by atoms with Gasteiger partial charge in [-0.05, 0) is 23.3 Å². The molecule has 0 aromatic heterocycles. The van der Waals surface area contributed by atoms with Crippen LogP contribution in [0.5, 0.6) is 0 Å². The molecule has 0 heterocycles. The molecule has 2 aromatic carbocycles. The second kappa shape index (κ2) is 8.80. The highest BCUT2D eigenvalue weighted by Crippen LogP contribution is 2.18. The van der Waals surface area contributed by atoms with Crippen LogP contribution in [0.3, 0.4) is 0 Å². The average molecular weight is 354 g/mol. The van der Waals surface area contributed by atoms with Crippen LogP contribution in [0, 0.1) is 0 Å². The van der Waals surface area contributed by atoms with E-state index in [1.54, 1.807) is 24.1 Å². The minimum absolute atomic E-state index is 0.116. The molecule has 2 N–H and O–H groups in total. The minimum atomic E-state index is -0.984. The summed E-state index contributed by atoms with van der Waals surface area (Å²) in [5.74, 6) is -1.30. The molecule has 0 aliphatic carbocycles. The van der Waals surface area contributed by atoms with Crippen LogP contribution >= 0.6 is 0 Å². The predicted octanol–water partition coefficient (Wildman–Crippen LogP) is 2.61. The molecule has 2 aromatic rings. The van der Waals surface area contributed by atoms with Crippen molar-refractivity contribution in [1.82, 2.24) is 10.2 Å². The Morgan fingerprint density at radius 2 is 1.65 bits per heavy atom. The Morgan fingerprint density at radius 3 is 2.19 bits per heavy atom. The maximum Gasteiger partial charge on any atom is 0.335 e. The lowest BCUT2D eigenvalue weighted by molar-refractivity contribution is -0.131. The Bertz CT molecular complexity index is 772. The Balaban J connectivity index is 2.03. The molecule has 2 rings (SSSR count). The van der Waals surface area contributed by atoms with E-state index in [1.165, 1.54) is 19.1 Å². The number of carboxylic acid groups (broad SMARTS) is 1. The molecule has 0 aliphatic heterocycles. The summed E-state index contributed by atoms with van der Waals surface area (Å²) in [4.78, 5) is 36.5. The van der Waals surface area contributed by atoms with Crippen LogP contribution in [-0.2, 0) is 16.1 Å². The van der Waals surface area contributed by atoms with Crippen molar-refractivity contribution in [3.8, 4) is 0 Å². The summed E-state index contributed by atoms with van der Waals surface area (Å²) in [6, 6.07) is 15.4. The van der Waals surface area contributed by atoms with Gasteiger partial charge in [-0.15, -0.1) is 0 Å². The first-order valence-corrected chi connectivity index (χ1v) is 8.25. The zero-order chi connectivity index (χ0) is 19.1. The van der Waals surface area contributed by atoms with Gasteiger partial charge in [-0.3, -0.25) is 9.59 Å². The van der Waals surface area contributed by atoms with Gasteiger partial charge in [-0.2, -0.15) is 0 Å². The molecule has 0 fully saturated rings. The molecule has 6 heteroatoms. The van der Waals surface area contributed by atoms with Crippen molar-refractivity contribution in [2.24, 2.45) is 0 Å². The number of aromatic carboxylic acids is 1. The van der Waals surface area contributed by atoms with E-state index in [1.807, 2.05) is 30.3 Å². The normalized spacial score (nSPS) is 11.5. The van der Waals surface area contributed by atoms with Crippen LogP contribution < -0.4 is 5.32 Å². The van der Waals surface area contributed by atoms with Gasteiger partial charge in [0, 0.05) is 20.5 Å². The van der Waals surface area contributed by atoms with Crippen molar-refractivity contribution in [2.75, 3.05) is 7.05 Å². The maximum absolute atomic E-state index is 12.6. The molecule has 1 unspecified atom stereocenters. The number of amides is 2. The molecule has 0 saturated heterocycles. The van der Waals surface area contributed by atoms with Gasteiger partial charge in [0.25, 0.3) is 0 Å². The Kier molecular flexibility index (Phi) is 6.49. The van der Waals surface area contributed by atoms with E-state index in [9.17, 15) is 14.4 Å². The third-order valence-corrected chi connectivity index (χ3v) is 4.00. The van der Waals surface area contributed by atoms with E-state index in [0.29, 0.717) is 6.54 Å². The number of hydrogen-bond donors (Lipinski definition) is 2. The monoisotopic (exact) mass is 354 g/mol. The van der Waals surface area contributed by atoms with Crippen LogP contribution in [0.2, 0.25) is 0 Å². The second-order valence-corrected chi connectivity index (χ2v) is 6.12. The highest BCUT2D eigenvalue weighted by Gasteiger charge is 2.19. The molecule has 136 valence electrons. The van der Waals surface area contributed by atoms with Gasteiger partial charge in [-0.1, -0.05) is 42.5 Å². The number of carbonyl (C=O) groups excluding carboxylic acids is 2. The number of hydrogen-bond acceptors (Lipinski definition) is 3. The number of carboxylic acids is 1. The quantitative estimate of drug-likeness (QED) is 0.800. The molecule has 2 amide bonds. The number of nitrogens with zero attached hydrogens (tertiary/aromatic N) is 1. The lowest BCUT2D eigenvalue weighted by atomic mass is 10.0. The van der Waals surface area contributed by atoms with Crippen molar-refractivity contribution in [3.63, 3.8) is 0 Å². The van der Waals surface area contributed by atoms with Crippen LogP contribution in [-0.4, -0.2) is 34.8 Å². The van der Waals surface area contributed by atoms with Gasteiger partial charge in [0.15, 0.2) is 0 Å². The molecular formula is C20H22N2O4. The lowest BCUT2D eigenvalue weighted by Crippen LogP contribution is -2.33. The molecular weight excluding hydrogens is 332 g/mol. The number of benzene rings is 2. The first-order chi connectivity index (χ1) is 12.4. The van der Waals surface area contributed by atoms with Gasteiger partial charge in [0.1, 0.15) is 0 Å². The predicted molar refractivity (Wildman–Crippen MR) is 97.5 cm³/mol. The first kappa shape index (κ1) is 19.2. The molecule has 1 atom stereocenters. The Hall–Kier alpha value is -3.15. The van der Waals surface area contributed by atoms with E-state index >= 15 is 0 Å². The molecule has 0 aliphatic rings. The number of rotatable bonds is 7. The zero-order valence-corrected chi connectivity index (χ0v) is 14.8. The SMILES string of the molecule is CC(=O)NC(CC(=O)N(C)Cc1ccc(C(=O)O)cc1)c1ccccc1. The molecule has 0 bridgehead atoms. The van der Waals surface area contributed by atoms with Crippen LogP contribution in [0.4, 0.5) is 0 Å². The lowest BCUT2D eigenvalue weighted by Gasteiger charge is -2.22. The number of nitrogens with one attached hydrogen (secondary N) is 1. The molecule has 0 saturated carbocycles. The first-order valence-electron chi connectivity index (χ1n) is 8.25. The van der Waals surface area contributed by atoms with Crippen molar-refractivity contribution in [1.29, 1.82) is 0 Å². The Morgan fingerprint density at radius 1 is 1.04 bits per heavy atom.